The van der Waals surface area contributed by atoms with E-state index in [4.69, 9.17) is 17.4 Å². The van der Waals surface area contributed by atoms with Crippen LogP contribution in [0.15, 0.2) is 24.4 Å². The van der Waals surface area contributed by atoms with Crippen LogP contribution in [0.3, 0.4) is 0 Å². The van der Waals surface area contributed by atoms with Crippen LogP contribution in [0.4, 0.5) is 10.1 Å². The summed E-state index contributed by atoms with van der Waals surface area (Å²) in [6.07, 6.45) is 1.48. The molecule has 14 heavy (non-hydrogen) atoms. The summed E-state index contributed by atoms with van der Waals surface area (Å²) < 4.78 is 13.3. The van der Waals surface area contributed by atoms with Crippen molar-refractivity contribution in [1.29, 1.82) is 0 Å². The summed E-state index contributed by atoms with van der Waals surface area (Å²) in [6, 6.07) is 4.48. The minimum absolute atomic E-state index is 0.254. The monoisotopic (exact) mass is 211 g/mol. The summed E-state index contributed by atoms with van der Waals surface area (Å²) in [5.74, 6) is 4.82. The molecule has 0 spiro atoms. The fourth-order valence-electron chi connectivity index (χ4n) is 1.30. The fraction of sp³-hybridized carbons (Fsp3) is 0. The lowest BCUT2D eigenvalue weighted by molar-refractivity contribution is 0.637. The van der Waals surface area contributed by atoms with Gasteiger partial charge in [0.25, 0.3) is 0 Å². The summed E-state index contributed by atoms with van der Waals surface area (Å²) >= 11 is 5.72. The van der Waals surface area contributed by atoms with E-state index in [1.165, 1.54) is 12.3 Å². The average molecular weight is 212 g/mol. The van der Waals surface area contributed by atoms with E-state index < -0.39 is 5.82 Å². The van der Waals surface area contributed by atoms with Gasteiger partial charge in [-0.2, -0.15) is 0 Å². The van der Waals surface area contributed by atoms with Crippen molar-refractivity contribution >= 4 is 28.2 Å². The molecular weight excluding hydrogens is 205 g/mol. The lowest BCUT2D eigenvalue weighted by Crippen LogP contribution is -2.07. The van der Waals surface area contributed by atoms with E-state index in [-0.39, 0.29) is 5.52 Å². The molecule has 3 nitrogen and oxygen atoms in total. The van der Waals surface area contributed by atoms with Crippen LogP contribution in [0.1, 0.15) is 0 Å². The van der Waals surface area contributed by atoms with Crippen molar-refractivity contribution < 1.29 is 4.39 Å². The maximum atomic E-state index is 13.3. The van der Waals surface area contributed by atoms with Crippen molar-refractivity contribution in [1.82, 2.24) is 4.98 Å². The zero-order valence-electron chi connectivity index (χ0n) is 7.09. The summed E-state index contributed by atoms with van der Waals surface area (Å²) in [7, 11) is 0. The van der Waals surface area contributed by atoms with E-state index in [2.05, 4.69) is 10.4 Å². The third-order valence-electron chi connectivity index (χ3n) is 1.92. The van der Waals surface area contributed by atoms with Crippen molar-refractivity contribution in [3.8, 4) is 0 Å². The van der Waals surface area contributed by atoms with E-state index in [0.717, 1.165) is 0 Å². The first-order chi connectivity index (χ1) is 6.72. The molecule has 0 saturated heterocycles. The highest BCUT2D eigenvalue weighted by atomic mass is 35.5. The van der Waals surface area contributed by atoms with E-state index in [1.54, 1.807) is 12.1 Å². The maximum absolute atomic E-state index is 13.3. The predicted octanol–water partition coefficient (Wildman–Crippen LogP) is 2.31. The molecule has 1 aromatic heterocycles. The second-order valence-electron chi connectivity index (χ2n) is 2.79. The highest BCUT2D eigenvalue weighted by Gasteiger charge is 2.06. The third kappa shape index (κ3) is 1.38. The van der Waals surface area contributed by atoms with Crippen molar-refractivity contribution in [3.63, 3.8) is 0 Å². The van der Waals surface area contributed by atoms with Gasteiger partial charge in [-0.3, -0.25) is 10.8 Å². The van der Waals surface area contributed by atoms with E-state index in [9.17, 15) is 4.39 Å². The molecule has 0 saturated carbocycles. The Labute approximate surface area is 84.7 Å². The molecule has 0 bridgehead atoms. The molecule has 0 unspecified atom stereocenters. The molecule has 0 amide bonds. The molecule has 0 aliphatic heterocycles. The van der Waals surface area contributed by atoms with Crippen LogP contribution < -0.4 is 11.3 Å². The predicted molar refractivity (Wildman–Crippen MR) is 54.5 cm³/mol. The molecule has 1 aromatic carbocycles. The van der Waals surface area contributed by atoms with Crippen molar-refractivity contribution in [2.45, 2.75) is 0 Å². The Kier molecular flexibility index (Phi) is 2.23. The highest BCUT2D eigenvalue weighted by molar-refractivity contribution is 6.31. The van der Waals surface area contributed by atoms with Crippen LogP contribution >= 0.6 is 11.6 Å². The van der Waals surface area contributed by atoms with Gasteiger partial charge in [-0.25, -0.2) is 4.39 Å². The van der Waals surface area contributed by atoms with Gasteiger partial charge in [-0.05, 0) is 18.2 Å². The van der Waals surface area contributed by atoms with Crippen LogP contribution in [0.25, 0.3) is 10.9 Å². The minimum atomic E-state index is -0.454. The largest absolute Gasteiger partial charge is 0.323 e. The number of pyridine rings is 1. The molecule has 0 radical (unpaired) electrons. The second-order valence-corrected chi connectivity index (χ2v) is 3.22. The number of nitrogens with two attached hydrogens (primary N) is 1. The van der Waals surface area contributed by atoms with Gasteiger partial charge in [-0.15, -0.1) is 0 Å². The first-order valence-electron chi connectivity index (χ1n) is 3.93. The number of halogens is 2. The molecule has 2 aromatic rings. The van der Waals surface area contributed by atoms with Crippen molar-refractivity contribution in [3.05, 3.63) is 35.2 Å². The lowest BCUT2D eigenvalue weighted by Gasteiger charge is -2.05. The first kappa shape index (κ1) is 9.18. The Morgan fingerprint density at radius 3 is 2.93 bits per heavy atom. The number of nitrogen functional groups attached to an aromatic ring is 1. The van der Waals surface area contributed by atoms with Crippen LogP contribution in [0.2, 0.25) is 5.02 Å². The first-order valence-corrected chi connectivity index (χ1v) is 4.30. The quantitative estimate of drug-likeness (QED) is 0.562. The number of rotatable bonds is 1. The molecule has 0 atom stereocenters. The number of hydrogen-bond acceptors (Lipinski definition) is 3. The number of anilines is 1. The SMILES string of the molecule is NNc1ccnc2c(F)cc(Cl)cc12. The molecule has 0 fully saturated rings. The molecular formula is C9H7ClFN3. The summed E-state index contributed by atoms with van der Waals surface area (Å²) in [4.78, 5) is 3.90. The summed E-state index contributed by atoms with van der Waals surface area (Å²) in [5, 5.41) is 0.888. The number of nitrogens with zero attached hydrogens (tertiary/aromatic N) is 1. The second kappa shape index (κ2) is 3.40. The van der Waals surface area contributed by atoms with Gasteiger partial charge < -0.3 is 5.43 Å². The van der Waals surface area contributed by atoms with Gasteiger partial charge in [0.05, 0.1) is 5.69 Å². The maximum Gasteiger partial charge on any atom is 0.150 e. The van der Waals surface area contributed by atoms with E-state index in [1.807, 2.05) is 0 Å². The van der Waals surface area contributed by atoms with E-state index >= 15 is 0 Å². The zero-order chi connectivity index (χ0) is 10.1. The zero-order valence-corrected chi connectivity index (χ0v) is 7.85. The van der Waals surface area contributed by atoms with Gasteiger partial charge in [0.2, 0.25) is 0 Å². The normalized spacial score (nSPS) is 10.5. The van der Waals surface area contributed by atoms with Gasteiger partial charge in [0.15, 0.2) is 5.82 Å². The molecule has 5 heteroatoms. The molecule has 2 rings (SSSR count). The van der Waals surface area contributed by atoms with Crippen molar-refractivity contribution in [2.75, 3.05) is 5.43 Å². The molecule has 0 aliphatic carbocycles. The number of nitrogens with one attached hydrogen (secondary N) is 1. The number of hydrazine groups is 1. The van der Waals surface area contributed by atoms with Gasteiger partial charge in [0, 0.05) is 16.6 Å². The molecule has 72 valence electrons. The smallest absolute Gasteiger partial charge is 0.150 e. The number of hydrogen-bond donors (Lipinski definition) is 2. The Morgan fingerprint density at radius 1 is 1.43 bits per heavy atom. The fourth-order valence-corrected chi connectivity index (χ4v) is 1.51. The average Bonchev–Trinajstić information content (AvgIpc) is 2.17. The van der Waals surface area contributed by atoms with Gasteiger partial charge in [-0.1, -0.05) is 11.6 Å². The number of aromatic nitrogens is 1. The van der Waals surface area contributed by atoms with Crippen LogP contribution in [-0.2, 0) is 0 Å². The lowest BCUT2D eigenvalue weighted by atomic mass is 10.2. The summed E-state index contributed by atoms with van der Waals surface area (Å²) in [6.45, 7) is 0. The molecule has 0 aliphatic rings. The van der Waals surface area contributed by atoms with Gasteiger partial charge in [0.1, 0.15) is 5.52 Å². The van der Waals surface area contributed by atoms with Crippen LogP contribution in [-0.4, -0.2) is 4.98 Å². The molecule has 1 heterocycles. The number of benzene rings is 1. The van der Waals surface area contributed by atoms with Crippen LogP contribution in [0, 0.1) is 5.82 Å². The van der Waals surface area contributed by atoms with Gasteiger partial charge >= 0.3 is 0 Å². The summed E-state index contributed by atoms with van der Waals surface area (Å²) in [5.41, 5.74) is 3.31. The standard InChI is InChI=1S/C9H7ClFN3/c10-5-3-6-8(14-12)1-2-13-9(6)7(11)4-5/h1-4H,12H2,(H,13,14). The Balaban J connectivity index is 2.86. The Hall–Kier alpha value is -1.39. The minimum Gasteiger partial charge on any atom is -0.323 e. The third-order valence-corrected chi connectivity index (χ3v) is 2.14. The number of fused-ring (bicyclic) bond motifs is 1. The topological polar surface area (TPSA) is 50.9 Å². The molecule has 3 N–H and O–H groups in total. The van der Waals surface area contributed by atoms with Crippen molar-refractivity contribution in [2.24, 2.45) is 5.84 Å². The highest BCUT2D eigenvalue weighted by Crippen LogP contribution is 2.26. The Morgan fingerprint density at radius 2 is 2.21 bits per heavy atom. The van der Waals surface area contributed by atoms with Crippen LogP contribution in [0.5, 0.6) is 0 Å². The Bertz CT molecular complexity index is 487. The van der Waals surface area contributed by atoms with E-state index in [0.29, 0.717) is 16.1 Å².